The van der Waals surface area contributed by atoms with Crippen molar-refractivity contribution in [1.82, 2.24) is 20.0 Å². The highest BCUT2D eigenvalue weighted by Gasteiger charge is 2.36. The molecule has 7 heteroatoms. The Morgan fingerprint density at radius 3 is 2.29 bits per heavy atom. The van der Waals surface area contributed by atoms with E-state index >= 15 is 0 Å². The molecule has 24 heavy (non-hydrogen) atoms. The second-order valence-electron chi connectivity index (χ2n) is 5.74. The quantitative estimate of drug-likeness (QED) is 0.828. The largest absolute Gasteiger partial charge is 0.353 e. The topological polar surface area (TPSA) is 84.3 Å². The average Bonchev–Trinajstić information content (AvgIpc) is 2.99. The fraction of sp³-hybridized carbons (Fsp3) is 0.294. The van der Waals surface area contributed by atoms with E-state index < -0.39 is 11.8 Å². The van der Waals surface area contributed by atoms with Crippen molar-refractivity contribution in [3.05, 3.63) is 52.8 Å². The first-order valence-corrected chi connectivity index (χ1v) is 7.70. The molecule has 1 aromatic carbocycles. The maximum Gasteiger partial charge on any atom is 0.262 e. The number of hydrogen-bond donors (Lipinski definition) is 1. The van der Waals surface area contributed by atoms with Crippen LogP contribution < -0.4 is 5.32 Å². The molecule has 1 aliphatic heterocycles. The van der Waals surface area contributed by atoms with Crippen LogP contribution in [0, 0.1) is 13.8 Å². The van der Waals surface area contributed by atoms with Crippen LogP contribution in [0.2, 0.25) is 0 Å². The predicted molar refractivity (Wildman–Crippen MR) is 86.5 cm³/mol. The van der Waals surface area contributed by atoms with Gasteiger partial charge < -0.3 is 5.32 Å². The highest BCUT2D eigenvalue weighted by molar-refractivity contribution is 6.22. The number of carbonyl (C=O) groups is 3. The molecule has 0 unspecified atom stereocenters. The van der Waals surface area contributed by atoms with Gasteiger partial charge in [0.25, 0.3) is 11.8 Å². The van der Waals surface area contributed by atoms with Gasteiger partial charge in [0, 0.05) is 12.2 Å². The third-order valence-electron chi connectivity index (χ3n) is 3.93. The molecule has 0 spiro atoms. The van der Waals surface area contributed by atoms with E-state index in [1.54, 1.807) is 28.9 Å². The summed E-state index contributed by atoms with van der Waals surface area (Å²) in [7, 11) is 0. The third-order valence-corrected chi connectivity index (χ3v) is 3.93. The number of hydrogen-bond acceptors (Lipinski definition) is 4. The fourth-order valence-electron chi connectivity index (χ4n) is 2.78. The third kappa shape index (κ3) is 2.92. The van der Waals surface area contributed by atoms with Crippen molar-refractivity contribution in [2.24, 2.45) is 0 Å². The van der Waals surface area contributed by atoms with Gasteiger partial charge in [-0.15, -0.1) is 0 Å². The number of nitrogens with zero attached hydrogens (tertiary/aromatic N) is 3. The van der Waals surface area contributed by atoms with Crippen molar-refractivity contribution < 1.29 is 14.4 Å². The van der Waals surface area contributed by atoms with Crippen LogP contribution in [0.15, 0.2) is 30.3 Å². The molecule has 0 saturated heterocycles. The summed E-state index contributed by atoms with van der Waals surface area (Å²) in [6.45, 7) is 4.49. The van der Waals surface area contributed by atoms with Gasteiger partial charge in [-0.1, -0.05) is 12.1 Å². The second-order valence-corrected chi connectivity index (χ2v) is 5.74. The standard InChI is InChI=1S/C17H18N4O3/c1-11-9-12(2)21(19-11)8-7-18-15(22)10-20-16(23)13-5-3-4-6-14(13)17(20)24/h3-6,9H,7-8,10H2,1-2H3,(H,18,22). The van der Waals surface area contributed by atoms with Crippen molar-refractivity contribution in [3.8, 4) is 0 Å². The molecule has 1 N–H and O–H groups in total. The number of rotatable bonds is 5. The Hall–Kier alpha value is -2.96. The Morgan fingerprint density at radius 2 is 1.75 bits per heavy atom. The highest BCUT2D eigenvalue weighted by Crippen LogP contribution is 2.21. The lowest BCUT2D eigenvalue weighted by Crippen LogP contribution is -2.41. The van der Waals surface area contributed by atoms with Gasteiger partial charge >= 0.3 is 0 Å². The molecule has 0 bridgehead atoms. The molecule has 0 aliphatic carbocycles. The minimum atomic E-state index is -0.427. The van der Waals surface area contributed by atoms with E-state index in [0.29, 0.717) is 24.2 Å². The van der Waals surface area contributed by atoms with E-state index in [4.69, 9.17) is 0 Å². The first-order valence-electron chi connectivity index (χ1n) is 7.70. The summed E-state index contributed by atoms with van der Waals surface area (Å²) < 4.78 is 1.80. The van der Waals surface area contributed by atoms with E-state index in [9.17, 15) is 14.4 Å². The normalized spacial score (nSPS) is 13.3. The Kier molecular flexibility index (Phi) is 4.16. The zero-order valence-corrected chi connectivity index (χ0v) is 13.6. The van der Waals surface area contributed by atoms with Gasteiger partial charge in [0.1, 0.15) is 6.54 Å². The molecule has 1 aliphatic rings. The van der Waals surface area contributed by atoms with E-state index in [-0.39, 0.29) is 12.5 Å². The lowest BCUT2D eigenvalue weighted by atomic mass is 10.1. The fourth-order valence-corrected chi connectivity index (χ4v) is 2.78. The number of fused-ring (bicyclic) bond motifs is 1. The highest BCUT2D eigenvalue weighted by atomic mass is 16.2. The molecule has 2 heterocycles. The molecular formula is C17H18N4O3. The lowest BCUT2D eigenvalue weighted by molar-refractivity contribution is -0.121. The van der Waals surface area contributed by atoms with Crippen LogP contribution in [0.3, 0.4) is 0 Å². The monoisotopic (exact) mass is 326 g/mol. The van der Waals surface area contributed by atoms with Gasteiger partial charge in [0.05, 0.1) is 23.4 Å². The number of amides is 3. The minimum absolute atomic E-state index is 0.274. The Bertz CT molecular complexity index is 790. The first kappa shape index (κ1) is 15.9. The maximum atomic E-state index is 12.2. The van der Waals surface area contributed by atoms with Crippen molar-refractivity contribution in [3.63, 3.8) is 0 Å². The summed E-state index contributed by atoms with van der Waals surface area (Å²) in [6.07, 6.45) is 0. The summed E-state index contributed by atoms with van der Waals surface area (Å²) in [5.41, 5.74) is 2.63. The molecular weight excluding hydrogens is 308 g/mol. The Labute approximate surface area is 139 Å². The Balaban J connectivity index is 1.55. The average molecular weight is 326 g/mol. The van der Waals surface area contributed by atoms with E-state index in [2.05, 4.69) is 10.4 Å². The van der Waals surface area contributed by atoms with Crippen molar-refractivity contribution in [2.45, 2.75) is 20.4 Å². The summed E-state index contributed by atoms with van der Waals surface area (Å²) in [6, 6.07) is 8.54. The van der Waals surface area contributed by atoms with Gasteiger partial charge in [0.2, 0.25) is 5.91 Å². The zero-order chi connectivity index (χ0) is 17.3. The predicted octanol–water partition coefficient (Wildman–Crippen LogP) is 0.912. The number of aromatic nitrogens is 2. The smallest absolute Gasteiger partial charge is 0.262 e. The maximum absolute atomic E-state index is 12.2. The molecule has 124 valence electrons. The van der Waals surface area contributed by atoms with E-state index in [1.165, 1.54) is 0 Å². The van der Waals surface area contributed by atoms with E-state index in [0.717, 1.165) is 16.3 Å². The van der Waals surface area contributed by atoms with Crippen molar-refractivity contribution in [2.75, 3.05) is 13.1 Å². The van der Waals surface area contributed by atoms with Crippen molar-refractivity contribution >= 4 is 17.7 Å². The summed E-state index contributed by atoms with van der Waals surface area (Å²) in [5, 5.41) is 7.02. The molecule has 0 fully saturated rings. The van der Waals surface area contributed by atoms with Gasteiger partial charge in [0.15, 0.2) is 0 Å². The first-order chi connectivity index (χ1) is 11.5. The Morgan fingerprint density at radius 1 is 1.12 bits per heavy atom. The number of nitrogens with one attached hydrogen (secondary N) is 1. The lowest BCUT2D eigenvalue weighted by Gasteiger charge is -2.13. The molecule has 3 rings (SSSR count). The summed E-state index contributed by atoms with van der Waals surface area (Å²) >= 11 is 0. The van der Waals surface area contributed by atoms with Crippen LogP contribution in [-0.4, -0.2) is 45.5 Å². The molecule has 7 nitrogen and oxygen atoms in total. The molecule has 1 aromatic heterocycles. The van der Waals surface area contributed by atoms with Crippen molar-refractivity contribution in [1.29, 1.82) is 0 Å². The van der Waals surface area contributed by atoms with E-state index in [1.807, 2.05) is 19.9 Å². The van der Waals surface area contributed by atoms with Crippen LogP contribution in [0.4, 0.5) is 0 Å². The zero-order valence-electron chi connectivity index (χ0n) is 13.6. The minimum Gasteiger partial charge on any atom is -0.353 e. The van der Waals surface area contributed by atoms with Gasteiger partial charge in [-0.05, 0) is 32.0 Å². The van der Waals surface area contributed by atoms with Crippen LogP contribution in [-0.2, 0) is 11.3 Å². The summed E-state index contributed by atoms with van der Waals surface area (Å²) in [4.78, 5) is 37.4. The number of carbonyl (C=O) groups excluding carboxylic acids is 3. The van der Waals surface area contributed by atoms with Gasteiger partial charge in [-0.2, -0.15) is 5.10 Å². The van der Waals surface area contributed by atoms with Gasteiger partial charge in [-0.25, -0.2) is 0 Å². The number of benzene rings is 1. The number of imide groups is 1. The number of aryl methyl sites for hydroxylation is 2. The molecule has 2 aromatic rings. The molecule has 0 radical (unpaired) electrons. The van der Waals surface area contributed by atoms with Crippen LogP contribution >= 0.6 is 0 Å². The van der Waals surface area contributed by atoms with Crippen LogP contribution in [0.1, 0.15) is 32.1 Å². The molecule has 0 saturated carbocycles. The molecule has 3 amide bonds. The second kappa shape index (κ2) is 6.27. The SMILES string of the molecule is Cc1cc(C)n(CCNC(=O)CN2C(=O)c3ccccc3C2=O)n1. The summed E-state index contributed by atoms with van der Waals surface area (Å²) in [5.74, 6) is -1.22. The van der Waals surface area contributed by atoms with Crippen LogP contribution in [0.25, 0.3) is 0 Å². The molecule has 0 atom stereocenters. The van der Waals surface area contributed by atoms with Gasteiger partial charge in [-0.3, -0.25) is 24.0 Å². The van der Waals surface area contributed by atoms with Crippen LogP contribution in [0.5, 0.6) is 0 Å².